The van der Waals surface area contributed by atoms with Crippen LogP contribution in [0.2, 0.25) is 5.02 Å². The van der Waals surface area contributed by atoms with E-state index in [-0.39, 0.29) is 26.2 Å². The van der Waals surface area contributed by atoms with E-state index in [0.29, 0.717) is 5.56 Å². The van der Waals surface area contributed by atoms with Crippen molar-refractivity contribution in [3.63, 3.8) is 0 Å². The zero-order valence-electron chi connectivity index (χ0n) is 13.1. The molecule has 0 amide bonds. The summed E-state index contributed by atoms with van der Waals surface area (Å²) in [4.78, 5) is 9.65. The van der Waals surface area contributed by atoms with E-state index in [1.165, 1.54) is 31.2 Å². The molecule has 0 radical (unpaired) electrons. The standard InChI is InChI=1S/C14H13ClN2O6S2/c1-9-3-5-11(8-13(9)17(18)19)25(22,23)16-12-7-10(15)4-6-14(12)24(2,20)21/h3-8,16H,1-2H3. The highest BCUT2D eigenvalue weighted by molar-refractivity contribution is 7.93. The molecule has 0 aliphatic carbocycles. The Bertz CT molecular complexity index is 1060. The Morgan fingerprint density at radius 1 is 1.08 bits per heavy atom. The third-order valence-electron chi connectivity index (χ3n) is 3.27. The molecule has 0 atom stereocenters. The number of halogens is 1. The number of hydrogen-bond donors (Lipinski definition) is 1. The molecule has 2 aromatic rings. The van der Waals surface area contributed by atoms with E-state index in [1.54, 1.807) is 0 Å². The van der Waals surface area contributed by atoms with Gasteiger partial charge < -0.3 is 0 Å². The van der Waals surface area contributed by atoms with Crippen molar-refractivity contribution in [1.29, 1.82) is 0 Å². The van der Waals surface area contributed by atoms with E-state index in [1.807, 2.05) is 0 Å². The highest BCUT2D eigenvalue weighted by Crippen LogP contribution is 2.29. The summed E-state index contributed by atoms with van der Waals surface area (Å²) in [5, 5.41) is 11.1. The van der Waals surface area contributed by atoms with Crippen molar-refractivity contribution < 1.29 is 21.8 Å². The van der Waals surface area contributed by atoms with Crippen LogP contribution in [0.25, 0.3) is 0 Å². The molecule has 0 saturated carbocycles. The van der Waals surface area contributed by atoms with Crippen LogP contribution in [0.15, 0.2) is 46.2 Å². The number of aryl methyl sites for hydroxylation is 1. The van der Waals surface area contributed by atoms with Crippen LogP contribution in [0.3, 0.4) is 0 Å². The van der Waals surface area contributed by atoms with Crippen LogP contribution in [-0.2, 0) is 19.9 Å². The maximum absolute atomic E-state index is 12.5. The summed E-state index contributed by atoms with van der Waals surface area (Å²) in [6.07, 6.45) is 0.921. The second-order valence-electron chi connectivity index (χ2n) is 5.22. The lowest BCUT2D eigenvalue weighted by molar-refractivity contribution is -0.385. The average Bonchev–Trinajstić information content (AvgIpc) is 2.45. The first kappa shape index (κ1) is 19.2. The summed E-state index contributed by atoms with van der Waals surface area (Å²) >= 11 is 5.81. The van der Waals surface area contributed by atoms with Gasteiger partial charge in [0.1, 0.15) is 0 Å². The summed E-state index contributed by atoms with van der Waals surface area (Å²) in [5.74, 6) is 0. The molecule has 0 aromatic heterocycles. The summed E-state index contributed by atoms with van der Waals surface area (Å²) in [7, 11) is -7.99. The number of anilines is 1. The maximum atomic E-state index is 12.5. The lowest BCUT2D eigenvalue weighted by atomic mass is 10.2. The first-order chi connectivity index (χ1) is 11.4. The minimum absolute atomic E-state index is 0.125. The topological polar surface area (TPSA) is 123 Å². The van der Waals surface area contributed by atoms with Gasteiger partial charge in [0.2, 0.25) is 0 Å². The number of nitrogens with one attached hydrogen (secondary N) is 1. The lowest BCUT2D eigenvalue weighted by Crippen LogP contribution is -2.15. The molecule has 0 saturated heterocycles. The molecule has 1 N–H and O–H groups in total. The second kappa shape index (κ2) is 6.62. The first-order valence-corrected chi connectivity index (χ1v) is 10.4. The summed E-state index contributed by atoms with van der Waals surface area (Å²) < 4.78 is 50.8. The molecule has 25 heavy (non-hydrogen) atoms. The van der Waals surface area contributed by atoms with Gasteiger partial charge >= 0.3 is 0 Å². The van der Waals surface area contributed by atoms with E-state index in [2.05, 4.69) is 4.72 Å². The Morgan fingerprint density at radius 3 is 2.28 bits per heavy atom. The molecular weight excluding hydrogens is 392 g/mol. The van der Waals surface area contributed by atoms with Crippen molar-refractivity contribution >= 4 is 42.8 Å². The van der Waals surface area contributed by atoms with Crippen LogP contribution in [-0.4, -0.2) is 28.0 Å². The molecule has 0 bridgehead atoms. The van der Waals surface area contributed by atoms with Gasteiger partial charge in [-0.1, -0.05) is 17.7 Å². The van der Waals surface area contributed by atoms with Crippen molar-refractivity contribution in [3.8, 4) is 0 Å². The lowest BCUT2D eigenvalue weighted by Gasteiger charge is -2.12. The van der Waals surface area contributed by atoms with Crippen molar-refractivity contribution in [1.82, 2.24) is 0 Å². The molecule has 0 heterocycles. The van der Waals surface area contributed by atoms with Crippen molar-refractivity contribution in [3.05, 3.63) is 57.1 Å². The first-order valence-electron chi connectivity index (χ1n) is 6.69. The predicted octanol–water partition coefficient (Wildman–Crippen LogP) is 2.76. The van der Waals surface area contributed by atoms with Crippen molar-refractivity contribution in [2.24, 2.45) is 0 Å². The van der Waals surface area contributed by atoms with Gasteiger partial charge in [-0.25, -0.2) is 16.8 Å². The van der Waals surface area contributed by atoms with Gasteiger partial charge in [0.05, 0.1) is 20.4 Å². The van der Waals surface area contributed by atoms with Crippen molar-refractivity contribution in [2.75, 3.05) is 11.0 Å². The van der Waals surface area contributed by atoms with Gasteiger partial charge in [0.25, 0.3) is 15.7 Å². The van der Waals surface area contributed by atoms with Crippen LogP contribution in [0, 0.1) is 17.0 Å². The minimum Gasteiger partial charge on any atom is -0.278 e. The fraction of sp³-hybridized carbons (Fsp3) is 0.143. The molecule has 0 fully saturated rings. The molecule has 0 aliphatic rings. The zero-order valence-corrected chi connectivity index (χ0v) is 15.4. The highest BCUT2D eigenvalue weighted by atomic mass is 35.5. The number of nitro groups is 1. The van der Waals surface area contributed by atoms with E-state index in [9.17, 15) is 26.9 Å². The second-order valence-corrected chi connectivity index (χ2v) is 9.33. The maximum Gasteiger partial charge on any atom is 0.273 e. The highest BCUT2D eigenvalue weighted by Gasteiger charge is 2.23. The van der Waals surface area contributed by atoms with Crippen LogP contribution < -0.4 is 4.72 Å². The molecule has 0 aliphatic heterocycles. The number of nitro benzene ring substituents is 1. The molecule has 8 nitrogen and oxygen atoms in total. The van der Waals surface area contributed by atoms with Crippen molar-refractivity contribution in [2.45, 2.75) is 16.7 Å². The normalized spacial score (nSPS) is 12.0. The van der Waals surface area contributed by atoms with E-state index in [0.717, 1.165) is 18.4 Å². The fourth-order valence-electron chi connectivity index (χ4n) is 2.06. The van der Waals surface area contributed by atoms with Gasteiger partial charge in [0, 0.05) is 22.9 Å². The monoisotopic (exact) mass is 404 g/mol. The van der Waals surface area contributed by atoms with Gasteiger partial charge in [-0.3, -0.25) is 14.8 Å². The quantitative estimate of drug-likeness (QED) is 0.603. The fourth-order valence-corrected chi connectivity index (χ4v) is 4.21. The number of hydrogen-bond acceptors (Lipinski definition) is 6. The summed E-state index contributed by atoms with van der Waals surface area (Å²) in [6, 6.07) is 7.03. The molecular formula is C14H13ClN2O6S2. The minimum atomic E-state index is -4.26. The molecule has 0 spiro atoms. The van der Waals surface area contributed by atoms with E-state index < -0.39 is 24.8 Å². The average molecular weight is 405 g/mol. The predicted molar refractivity (Wildman–Crippen MR) is 93.2 cm³/mol. The summed E-state index contributed by atoms with van der Waals surface area (Å²) in [5.41, 5.74) is -0.306. The SMILES string of the molecule is Cc1ccc(S(=O)(=O)Nc2cc(Cl)ccc2S(C)(=O)=O)cc1[N+](=O)[O-]. The molecule has 11 heteroatoms. The summed E-state index contributed by atoms with van der Waals surface area (Å²) in [6.45, 7) is 1.47. The molecule has 134 valence electrons. The van der Waals surface area contributed by atoms with Crippen LogP contribution in [0.1, 0.15) is 5.56 Å². The number of rotatable bonds is 5. The largest absolute Gasteiger partial charge is 0.278 e. The Morgan fingerprint density at radius 2 is 1.72 bits per heavy atom. The number of sulfonamides is 1. The number of nitrogens with zero attached hydrogens (tertiary/aromatic N) is 1. The van der Waals surface area contributed by atoms with Crippen LogP contribution >= 0.6 is 11.6 Å². The Hall–Kier alpha value is -2.17. The number of benzene rings is 2. The van der Waals surface area contributed by atoms with E-state index in [4.69, 9.17) is 11.6 Å². The molecule has 2 aromatic carbocycles. The smallest absolute Gasteiger partial charge is 0.273 e. The van der Waals surface area contributed by atoms with E-state index >= 15 is 0 Å². The van der Waals surface area contributed by atoms with Gasteiger partial charge in [-0.15, -0.1) is 0 Å². The number of sulfone groups is 1. The van der Waals surface area contributed by atoms with Gasteiger partial charge in [-0.2, -0.15) is 0 Å². The van der Waals surface area contributed by atoms with Crippen LogP contribution in [0.5, 0.6) is 0 Å². The van der Waals surface area contributed by atoms with Gasteiger partial charge in [-0.05, 0) is 31.2 Å². The van der Waals surface area contributed by atoms with Gasteiger partial charge in [0.15, 0.2) is 9.84 Å². The van der Waals surface area contributed by atoms with Crippen LogP contribution in [0.4, 0.5) is 11.4 Å². The zero-order chi connectivity index (χ0) is 19.0. The Kier molecular flexibility index (Phi) is 5.07. The third-order valence-corrected chi connectivity index (χ3v) is 6.03. The molecule has 2 rings (SSSR count). The Labute approximate surface area is 149 Å². The molecule has 0 unspecified atom stereocenters. The Balaban J connectivity index is 2.56. The third kappa shape index (κ3) is 4.27.